The second-order valence-corrected chi connectivity index (χ2v) is 11.5. The van der Waals surface area contributed by atoms with E-state index in [1.807, 2.05) is 29.5 Å². The molecular weight excluding hydrogens is 488 g/mol. The van der Waals surface area contributed by atoms with Gasteiger partial charge in [0.15, 0.2) is 0 Å². The predicted octanol–water partition coefficient (Wildman–Crippen LogP) is 1.76. The van der Waals surface area contributed by atoms with E-state index in [1.165, 1.54) is 19.3 Å². The van der Waals surface area contributed by atoms with Crippen molar-refractivity contribution in [3.05, 3.63) is 0 Å². The van der Waals surface area contributed by atoms with Crippen molar-refractivity contribution in [2.24, 2.45) is 11.7 Å². The molecule has 0 amide bonds. The molecule has 8 heteroatoms. The van der Waals surface area contributed by atoms with Crippen molar-refractivity contribution in [3.8, 4) is 0 Å². The summed E-state index contributed by atoms with van der Waals surface area (Å²) in [6, 6.07) is 0. The number of rotatable bonds is 6. The Morgan fingerprint density at radius 2 is 2.10 bits per heavy atom. The molecule has 3 aliphatic rings. The van der Waals surface area contributed by atoms with E-state index in [9.17, 15) is 4.79 Å². The van der Waals surface area contributed by atoms with Crippen molar-refractivity contribution in [3.63, 3.8) is 0 Å². The average Bonchev–Trinajstić information content (AvgIpc) is 3.28. The Balaban J connectivity index is 1.61. The Bertz CT molecular complexity index is 395. The molecule has 2 heterocycles. The van der Waals surface area contributed by atoms with E-state index in [0.717, 1.165) is 12.8 Å². The first kappa shape index (κ1) is 15.7. The minimum absolute atomic E-state index is 0.294. The van der Waals surface area contributed by atoms with Gasteiger partial charge in [0.2, 0.25) is 0 Å². The number of esters is 1. The van der Waals surface area contributed by atoms with E-state index in [4.69, 9.17) is 15.2 Å². The van der Waals surface area contributed by atoms with Crippen molar-refractivity contribution in [1.29, 1.82) is 0 Å². The Kier molecular flexibility index (Phi) is 4.51. The number of ether oxygens (including phenoxy) is 2. The van der Waals surface area contributed by atoms with Gasteiger partial charge in [0.1, 0.15) is 0 Å². The fourth-order valence-electron chi connectivity index (χ4n) is 2.67. The van der Waals surface area contributed by atoms with Crippen LogP contribution in [0.4, 0.5) is 0 Å². The number of nitrogens with two attached hydrogens (primary N) is 1. The zero-order valence-corrected chi connectivity index (χ0v) is 15.8. The summed E-state index contributed by atoms with van der Waals surface area (Å²) in [4.78, 5) is 12.4. The summed E-state index contributed by atoms with van der Waals surface area (Å²) in [6.45, 7) is 2.48. The monoisotopic (exact) mass is 509 g/mol. The van der Waals surface area contributed by atoms with Gasteiger partial charge in [-0.05, 0) is 0 Å². The van der Waals surface area contributed by atoms with Crippen LogP contribution in [0.2, 0.25) is 0 Å². The molecule has 1 aliphatic carbocycles. The summed E-state index contributed by atoms with van der Waals surface area (Å²) in [7, 11) is 0. The number of hydrogen-bond acceptors (Lipinski definition) is 6. The average molecular weight is 509 g/mol. The summed E-state index contributed by atoms with van der Waals surface area (Å²) < 4.78 is 16.6. The van der Waals surface area contributed by atoms with Crippen molar-refractivity contribution >= 4 is 48.9 Å². The van der Waals surface area contributed by atoms with Gasteiger partial charge in [-0.3, -0.25) is 0 Å². The Labute approximate surface area is 140 Å². The molecule has 2 aliphatic heterocycles. The van der Waals surface area contributed by atoms with Gasteiger partial charge in [-0.2, -0.15) is 0 Å². The van der Waals surface area contributed by atoms with Crippen LogP contribution >= 0.6 is 43.0 Å². The number of hydrogen-bond donors (Lipinski definition) is 3. The summed E-state index contributed by atoms with van der Waals surface area (Å²) in [6.07, 6.45) is 5.33. The topological polar surface area (TPSA) is 105 Å². The van der Waals surface area contributed by atoms with Crippen molar-refractivity contribution in [2.45, 2.75) is 52.5 Å². The van der Waals surface area contributed by atoms with E-state index < -0.39 is 30.2 Å². The van der Waals surface area contributed by atoms with Crippen molar-refractivity contribution in [1.82, 2.24) is 7.06 Å². The molecule has 116 valence electrons. The van der Waals surface area contributed by atoms with E-state index in [0.29, 0.717) is 12.5 Å². The molecule has 0 aromatic heterocycles. The molecular formula is C12H21I2N3O3. The van der Waals surface area contributed by atoms with Crippen LogP contribution in [-0.2, 0) is 14.3 Å². The Hall–Kier alpha value is 0.770. The van der Waals surface area contributed by atoms with Crippen LogP contribution in [-0.4, -0.2) is 26.1 Å². The van der Waals surface area contributed by atoms with Crippen LogP contribution in [0, 0.1) is 5.92 Å². The van der Waals surface area contributed by atoms with E-state index in [1.54, 1.807) is 0 Å². The molecule has 2 atom stereocenters. The first-order valence-electron chi connectivity index (χ1n) is 7.07. The maximum atomic E-state index is 12.4. The van der Waals surface area contributed by atoms with Gasteiger partial charge in [-0.25, -0.2) is 0 Å². The van der Waals surface area contributed by atoms with Crippen molar-refractivity contribution < 1.29 is 14.3 Å². The number of fused-ring (bicyclic) bond motifs is 1. The van der Waals surface area contributed by atoms with Crippen LogP contribution in [0.25, 0.3) is 0 Å². The second kappa shape index (κ2) is 5.76. The quantitative estimate of drug-likeness (QED) is 0.0960. The third kappa shape index (κ3) is 2.71. The fourth-order valence-corrected chi connectivity index (χ4v) is 9.97. The van der Waals surface area contributed by atoms with Crippen LogP contribution in [0.1, 0.15) is 39.0 Å². The van der Waals surface area contributed by atoms with Crippen LogP contribution in [0.15, 0.2) is 0 Å². The molecule has 0 aromatic carbocycles. The van der Waals surface area contributed by atoms with Gasteiger partial charge in [-0.15, -0.1) is 0 Å². The third-order valence-electron chi connectivity index (χ3n) is 4.05. The van der Waals surface area contributed by atoms with Crippen LogP contribution in [0.3, 0.4) is 0 Å². The van der Waals surface area contributed by atoms with Gasteiger partial charge in [0, 0.05) is 0 Å². The zero-order valence-electron chi connectivity index (χ0n) is 11.5. The molecule has 3 rings (SSSR count). The van der Waals surface area contributed by atoms with E-state index in [2.05, 4.69) is 7.06 Å². The SMILES string of the molecule is CCOC(OC(=O)C(N)(I)C12NI1N2)C1CCCCC1. The molecule has 3 fully saturated rings. The molecule has 1 saturated carbocycles. The second-order valence-electron chi connectivity index (χ2n) is 5.47. The van der Waals surface area contributed by atoms with Crippen molar-refractivity contribution in [2.75, 3.05) is 6.61 Å². The minimum atomic E-state index is -1.27. The predicted molar refractivity (Wildman–Crippen MR) is 92.0 cm³/mol. The fraction of sp³-hybridized carbons (Fsp3) is 0.917. The summed E-state index contributed by atoms with van der Waals surface area (Å²) in [5.74, 6) is -0.0503. The third-order valence-corrected chi connectivity index (χ3v) is 11.0. The van der Waals surface area contributed by atoms with Gasteiger partial charge in [0.25, 0.3) is 0 Å². The number of carbonyl (C=O) groups excluding carboxylic acids is 1. The number of alkyl halides is 2. The molecule has 6 nitrogen and oxygen atoms in total. The summed E-state index contributed by atoms with van der Waals surface area (Å²) >= 11 is 0.735. The standard InChI is InChI=1S/C12H21I2N3O3/c1-2-19-9(8-6-4-3-5-7-8)20-10(18)11(13,15)12-14(16-12)17-12/h8-9,16-17H,2-7,15H2,1H3. The molecule has 4 N–H and O–H groups in total. The number of halogens is 2. The van der Waals surface area contributed by atoms with Crippen LogP contribution in [0.5, 0.6) is 0 Å². The Morgan fingerprint density at radius 3 is 2.60 bits per heavy atom. The Morgan fingerprint density at radius 1 is 1.50 bits per heavy atom. The van der Waals surface area contributed by atoms with Crippen LogP contribution < -0.4 is 12.8 Å². The van der Waals surface area contributed by atoms with E-state index >= 15 is 0 Å². The van der Waals surface area contributed by atoms with E-state index in [-0.39, 0.29) is 9.64 Å². The van der Waals surface area contributed by atoms with Gasteiger partial charge < -0.3 is 0 Å². The van der Waals surface area contributed by atoms with Gasteiger partial charge in [-0.1, -0.05) is 0 Å². The first-order chi connectivity index (χ1) is 9.51. The molecule has 20 heavy (non-hydrogen) atoms. The van der Waals surface area contributed by atoms with Gasteiger partial charge >= 0.3 is 141 Å². The normalized spacial score (nSPS) is 30.1. The molecule has 2 saturated heterocycles. The molecule has 0 spiro atoms. The number of carbonyl (C=O) groups is 1. The summed E-state index contributed by atoms with van der Waals surface area (Å²) in [5, 5.41) is 0. The van der Waals surface area contributed by atoms with Gasteiger partial charge in [0.05, 0.1) is 0 Å². The molecule has 0 aromatic rings. The maximum absolute atomic E-state index is 12.4. The number of nitrogens with one attached hydrogen (secondary N) is 2. The molecule has 2 unspecified atom stereocenters. The summed E-state index contributed by atoms with van der Waals surface area (Å²) in [5.41, 5.74) is 6.19. The molecule has 0 radical (unpaired) electrons. The first-order valence-corrected chi connectivity index (χ1v) is 11.4. The molecule has 0 bridgehead atoms. The zero-order chi connectivity index (χ0) is 14.4.